The van der Waals surface area contributed by atoms with E-state index in [4.69, 9.17) is 0 Å². The zero-order valence-electron chi connectivity index (χ0n) is 8.58. The van der Waals surface area contributed by atoms with E-state index in [1.165, 1.54) is 0 Å². The summed E-state index contributed by atoms with van der Waals surface area (Å²) in [6, 6.07) is 5.70. The highest BCUT2D eigenvalue weighted by Gasteiger charge is 2.11. The molecule has 0 saturated heterocycles. The molecule has 3 nitrogen and oxygen atoms in total. The molecule has 0 aliphatic heterocycles. The highest BCUT2D eigenvalue weighted by molar-refractivity contribution is 14.1. The summed E-state index contributed by atoms with van der Waals surface area (Å²) in [6.07, 6.45) is 1.82. The summed E-state index contributed by atoms with van der Waals surface area (Å²) in [5.41, 5.74) is 2.70. The molecule has 0 fully saturated rings. The number of phenols is 1. The van der Waals surface area contributed by atoms with Crippen LogP contribution in [0.25, 0.3) is 21.9 Å². The number of halogens is 1. The highest BCUT2D eigenvalue weighted by atomic mass is 127. The van der Waals surface area contributed by atoms with Crippen LogP contribution in [0.3, 0.4) is 0 Å². The van der Waals surface area contributed by atoms with Gasteiger partial charge in [-0.25, -0.2) is 4.98 Å². The number of aryl methyl sites for hydroxylation is 1. The van der Waals surface area contributed by atoms with Crippen LogP contribution in [-0.4, -0.2) is 15.1 Å². The van der Waals surface area contributed by atoms with Crippen molar-refractivity contribution < 1.29 is 5.11 Å². The summed E-state index contributed by atoms with van der Waals surface area (Å²) in [7, 11) is 0. The van der Waals surface area contributed by atoms with Crippen molar-refractivity contribution >= 4 is 44.5 Å². The van der Waals surface area contributed by atoms with Gasteiger partial charge in [0.15, 0.2) is 0 Å². The van der Waals surface area contributed by atoms with Gasteiger partial charge in [0.05, 0.1) is 5.52 Å². The Balaban J connectivity index is 2.62. The maximum Gasteiger partial charge on any atom is 0.139 e. The molecule has 2 heterocycles. The van der Waals surface area contributed by atoms with Crippen LogP contribution in [0, 0.1) is 10.5 Å². The number of aromatic hydroxyl groups is 1. The molecule has 0 bridgehead atoms. The van der Waals surface area contributed by atoms with E-state index in [0.29, 0.717) is 0 Å². The van der Waals surface area contributed by atoms with Crippen molar-refractivity contribution in [2.45, 2.75) is 6.92 Å². The van der Waals surface area contributed by atoms with E-state index in [0.717, 1.165) is 31.1 Å². The van der Waals surface area contributed by atoms with Gasteiger partial charge >= 0.3 is 0 Å². The summed E-state index contributed by atoms with van der Waals surface area (Å²) >= 11 is 2.27. The van der Waals surface area contributed by atoms with Crippen LogP contribution in [0.15, 0.2) is 24.4 Å². The first-order valence-corrected chi connectivity index (χ1v) is 6.00. The molecule has 16 heavy (non-hydrogen) atoms. The van der Waals surface area contributed by atoms with Gasteiger partial charge in [0.25, 0.3) is 0 Å². The molecule has 0 amide bonds. The molecule has 2 N–H and O–H groups in total. The number of phenolic OH excluding ortho intramolecular Hbond substituents is 1. The quantitative estimate of drug-likeness (QED) is 0.623. The molecule has 1 aromatic carbocycles. The molecule has 0 aliphatic rings. The molecule has 2 aromatic heterocycles. The topological polar surface area (TPSA) is 48.9 Å². The lowest BCUT2D eigenvalue weighted by Gasteiger charge is -1.97. The van der Waals surface area contributed by atoms with Gasteiger partial charge in [-0.05, 0) is 53.3 Å². The lowest BCUT2D eigenvalue weighted by atomic mass is 10.1. The largest absolute Gasteiger partial charge is 0.506 e. The second-order valence-electron chi connectivity index (χ2n) is 3.85. The Morgan fingerprint density at radius 2 is 2.19 bits per heavy atom. The third-order valence-corrected chi connectivity index (χ3v) is 3.57. The predicted octanol–water partition coefficient (Wildman–Crippen LogP) is 3.33. The maximum absolute atomic E-state index is 9.80. The van der Waals surface area contributed by atoms with E-state index in [9.17, 15) is 5.11 Å². The average molecular weight is 324 g/mol. The number of nitrogens with zero attached hydrogens (tertiary/aromatic N) is 1. The van der Waals surface area contributed by atoms with Gasteiger partial charge in [-0.1, -0.05) is 0 Å². The smallest absolute Gasteiger partial charge is 0.139 e. The number of hydrogen-bond acceptors (Lipinski definition) is 2. The lowest BCUT2D eigenvalue weighted by Crippen LogP contribution is -1.78. The van der Waals surface area contributed by atoms with E-state index in [-0.39, 0.29) is 5.75 Å². The number of benzene rings is 1. The Kier molecular flexibility index (Phi) is 2.07. The first kappa shape index (κ1) is 9.89. The lowest BCUT2D eigenvalue weighted by molar-refractivity contribution is 0.480. The predicted molar refractivity (Wildman–Crippen MR) is 72.7 cm³/mol. The molecule has 0 saturated carbocycles. The molecule has 0 radical (unpaired) electrons. The van der Waals surface area contributed by atoms with Gasteiger partial charge < -0.3 is 10.1 Å². The second-order valence-corrected chi connectivity index (χ2v) is 5.01. The Bertz CT molecular complexity index is 703. The standard InChI is InChI=1S/C12H9IN2O/c1-6-4-7-10-8(13)2-3-9(16)11(10)15-12(7)14-5-6/h2-5,16H,1H3,(H,14,15). The van der Waals surface area contributed by atoms with Crippen LogP contribution in [0.2, 0.25) is 0 Å². The summed E-state index contributed by atoms with van der Waals surface area (Å²) in [6.45, 7) is 2.01. The van der Waals surface area contributed by atoms with Crippen molar-refractivity contribution in [2.75, 3.05) is 0 Å². The summed E-state index contributed by atoms with van der Waals surface area (Å²) in [5, 5.41) is 11.9. The first-order chi connectivity index (χ1) is 7.66. The molecular weight excluding hydrogens is 315 g/mol. The van der Waals surface area contributed by atoms with Gasteiger partial charge in [-0.2, -0.15) is 0 Å². The van der Waals surface area contributed by atoms with E-state index in [1.54, 1.807) is 6.07 Å². The fourth-order valence-electron chi connectivity index (χ4n) is 1.93. The SMILES string of the molecule is Cc1cnc2[nH]c3c(O)ccc(I)c3c2c1. The van der Waals surface area contributed by atoms with Crippen LogP contribution in [0.5, 0.6) is 5.75 Å². The second kappa shape index (κ2) is 3.35. The molecule has 3 rings (SSSR count). The van der Waals surface area contributed by atoms with E-state index >= 15 is 0 Å². The molecule has 0 spiro atoms. The zero-order chi connectivity index (χ0) is 11.3. The number of rotatable bonds is 0. The fraction of sp³-hybridized carbons (Fsp3) is 0.0833. The van der Waals surface area contributed by atoms with E-state index in [1.807, 2.05) is 19.2 Å². The average Bonchev–Trinajstić information content (AvgIpc) is 2.63. The minimum Gasteiger partial charge on any atom is -0.506 e. The Morgan fingerprint density at radius 3 is 3.00 bits per heavy atom. The fourth-order valence-corrected chi connectivity index (χ4v) is 2.67. The molecule has 0 atom stereocenters. The Hall–Kier alpha value is -1.30. The highest BCUT2D eigenvalue weighted by Crippen LogP contribution is 2.33. The van der Waals surface area contributed by atoms with Crippen LogP contribution < -0.4 is 0 Å². The molecule has 80 valence electrons. The van der Waals surface area contributed by atoms with Crippen molar-refractivity contribution in [3.63, 3.8) is 0 Å². The van der Waals surface area contributed by atoms with Gasteiger partial charge in [-0.15, -0.1) is 0 Å². The van der Waals surface area contributed by atoms with Crippen LogP contribution in [0.4, 0.5) is 0 Å². The van der Waals surface area contributed by atoms with Crippen molar-refractivity contribution in [1.29, 1.82) is 0 Å². The van der Waals surface area contributed by atoms with Crippen molar-refractivity contribution in [2.24, 2.45) is 0 Å². The Labute approximate surface area is 106 Å². The Morgan fingerprint density at radius 1 is 1.38 bits per heavy atom. The summed E-state index contributed by atoms with van der Waals surface area (Å²) in [5.74, 6) is 0.270. The van der Waals surface area contributed by atoms with Gasteiger partial charge in [0, 0.05) is 20.5 Å². The van der Waals surface area contributed by atoms with Gasteiger partial charge in [0.1, 0.15) is 11.4 Å². The molecule has 0 unspecified atom stereocenters. The minimum atomic E-state index is 0.270. The third-order valence-electron chi connectivity index (χ3n) is 2.67. The molecular formula is C12H9IN2O. The number of aromatic amines is 1. The zero-order valence-corrected chi connectivity index (χ0v) is 10.7. The normalized spacial score (nSPS) is 11.4. The monoisotopic (exact) mass is 324 g/mol. The summed E-state index contributed by atoms with van der Waals surface area (Å²) < 4.78 is 1.11. The van der Waals surface area contributed by atoms with Gasteiger partial charge in [0.2, 0.25) is 0 Å². The van der Waals surface area contributed by atoms with Gasteiger partial charge in [-0.3, -0.25) is 0 Å². The van der Waals surface area contributed by atoms with Crippen LogP contribution in [0.1, 0.15) is 5.56 Å². The number of aromatic nitrogens is 2. The minimum absolute atomic E-state index is 0.270. The number of H-pyrrole nitrogens is 1. The number of nitrogens with one attached hydrogen (secondary N) is 1. The molecule has 4 heteroatoms. The number of pyridine rings is 1. The van der Waals surface area contributed by atoms with E-state index < -0.39 is 0 Å². The van der Waals surface area contributed by atoms with E-state index in [2.05, 4.69) is 38.6 Å². The summed E-state index contributed by atoms with van der Waals surface area (Å²) in [4.78, 5) is 7.48. The maximum atomic E-state index is 9.80. The van der Waals surface area contributed by atoms with Crippen LogP contribution in [-0.2, 0) is 0 Å². The van der Waals surface area contributed by atoms with Crippen molar-refractivity contribution in [1.82, 2.24) is 9.97 Å². The van der Waals surface area contributed by atoms with Crippen LogP contribution >= 0.6 is 22.6 Å². The van der Waals surface area contributed by atoms with Crippen molar-refractivity contribution in [3.05, 3.63) is 33.5 Å². The molecule has 0 aliphatic carbocycles. The third kappa shape index (κ3) is 1.29. The number of hydrogen-bond donors (Lipinski definition) is 2. The first-order valence-electron chi connectivity index (χ1n) is 4.92. The molecule has 3 aromatic rings. The van der Waals surface area contributed by atoms with Crippen molar-refractivity contribution in [3.8, 4) is 5.75 Å². The number of fused-ring (bicyclic) bond motifs is 3.